The van der Waals surface area contributed by atoms with Crippen LogP contribution in [0.25, 0.3) is 0 Å². The van der Waals surface area contributed by atoms with Gasteiger partial charge < -0.3 is 0 Å². The fourth-order valence-corrected chi connectivity index (χ4v) is 2.31. The van der Waals surface area contributed by atoms with Crippen LogP contribution in [0.5, 0.6) is 0 Å². The van der Waals surface area contributed by atoms with E-state index in [1.54, 1.807) is 0 Å². The van der Waals surface area contributed by atoms with Gasteiger partial charge in [0.2, 0.25) is 0 Å². The topological polar surface area (TPSA) is 74.2 Å². The fraction of sp³-hybridized carbons (Fsp3) is 1.00. The third-order valence-electron chi connectivity index (χ3n) is 3.51. The minimum absolute atomic E-state index is 0.732. The number of hydrogen-bond acceptors (Lipinski definition) is 6. The van der Waals surface area contributed by atoms with Gasteiger partial charge in [-0.25, -0.2) is 0 Å². The average Bonchev–Trinajstić information content (AvgIpc) is 2.46. The van der Waals surface area contributed by atoms with E-state index in [0.717, 1.165) is 25.9 Å². The molecule has 0 N–H and O–H groups in total. The molecule has 20 heavy (non-hydrogen) atoms. The van der Waals surface area contributed by atoms with Crippen LogP contribution in [0.3, 0.4) is 0 Å². The molecule has 1 aliphatic heterocycles. The highest BCUT2D eigenvalue weighted by atomic mass is 15.6. The van der Waals surface area contributed by atoms with Crippen molar-refractivity contribution in [3.63, 3.8) is 0 Å². The van der Waals surface area contributed by atoms with Gasteiger partial charge in [-0.3, -0.25) is 0 Å². The van der Waals surface area contributed by atoms with Crippen LogP contribution < -0.4 is 0 Å². The maximum Gasteiger partial charge on any atom is 0.0621 e. The first-order chi connectivity index (χ1) is 10.0. The Hall–Kier alpha value is -1.20. The molecule has 1 heterocycles. The third-order valence-corrected chi connectivity index (χ3v) is 3.51. The summed E-state index contributed by atoms with van der Waals surface area (Å²) in [5, 5.41) is 22.0. The van der Waals surface area contributed by atoms with E-state index in [1.807, 2.05) is 0 Å². The van der Waals surface area contributed by atoms with Crippen LogP contribution in [0.2, 0.25) is 0 Å². The summed E-state index contributed by atoms with van der Waals surface area (Å²) >= 11 is 0. The minimum atomic E-state index is 0.732. The van der Waals surface area contributed by atoms with Crippen LogP contribution in [0.4, 0.5) is 0 Å². The van der Waals surface area contributed by atoms with Crippen molar-refractivity contribution >= 4 is 0 Å². The molecule has 0 atom stereocenters. The van der Waals surface area contributed by atoms with E-state index in [1.165, 1.54) is 64.2 Å². The molecule has 0 aromatic heterocycles. The summed E-state index contributed by atoms with van der Waals surface area (Å²) in [7, 11) is 0. The van der Waals surface area contributed by atoms with Gasteiger partial charge in [-0.05, 0) is 33.7 Å². The van der Waals surface area contributed by atoms with Gasteiger partial charge in [0.15, 0.2) is 0 Å². The van der Waals surface area contributed by atoms with Crippen molar-refractivity contribution in [1.82, 2.24) is 0 Å². The van der Waals surface area contributed by atoms with Crippen molar-refractivity contribution in [3.8, 4) is 0 Å². The number of hydrogen-bond donors (Lipinski definition) is 0. The van der Waals surface area contributed by atoms with Crippen molar-refractivity contribution in [2.75, 3.05) is 13.1 Å². The van der Waals surface area contributed by atoms with Gasteiger partial charge in [0.1, 0.15) is 0 Å². The van der Waals surface area contributed by atoms with E-state index in [4.69, 9.17) is 0 Å². The summed E-state index contributed by atoms with van der Waals surface area (Å²) in [6, 6.07) is 0. The molecule has 1 rings (SSSR count). The molecule has 0 aromatic carbocycles. The van der Waals surface area contributed by atoms with E-state index in [-0.39, 0.29) is 0 Å². The second-order valence-electron chi connectivity index (χ2n) is 5.33. The second-order valence-corrected chi connectivity index (χ2v) is 5.33. The molecule has 0 spiro atoms. The van der Waals surface area contributed by atoms with Crippen LogP contribution in [0.15, 0.2) is 31.1 Å². The Morgan fingerprint density at radius 1 is 0.300 bits per heavy atom. The molecule has 0 saturated carbocycles. The monoisotopic (exact) mass is 280 g/mol. The molecule has 0 bridgehead atoms. The highest BCUT2D eigenvalue weighted by molar-refractivity contribution is 4.50. The molecule has 0 aliphatic carbocycles. The summed E-state index contributed by atoms with van der Waals surface area (Å²) in [6.07, 6.45) is 15.5. The van der Waals surface area contributed by atoms with Crippen molar-refractivity contribution in [2.24, 2.45) is 31.1 Å². The van der Waals surface area contributed by atoms with Crippen LogP contribution in [-0.2, 0) is 0 Å². The second kappa shape index (κ2) is 14.2. The van der Waals surface area contributed by atoms with Gasteiger partial charge in [-0.2, -0.15) is 10.2 Å². The zero-order chi connectivity index (χ0) is 14.1. The van der Waals surface area contributed by atoms with E-state index >= 15 is 0 Å². The van der Waals surface area contributed by atoms with Gasteiger partial charge in [0, 0.05) is 0 Å². The summed E-state index contributed by atoms with van der Waals surface area (Å²) in [4.78, 5) is 0. The van der Waals surface area contributed by atoms with E-state index in [9.17, 15) is 0 Å². The van der Waals surface area contributed by atoms with Gasteiger partial charge >= 0.3 is 0 Å². The molecule has 0 saturated heterocycles. The summed E-state index contributed by atoms with van der Waals surface area (Å²) in [6.45, 7) is 1.46. The minimum Gasteiger partial charge on any atom is -0.167 e. The third kappa shape index (κ3) is 11.9. The Morgan fingerprint density at radius 3 is 0.950 bits per heavy atom. The van der Waals surface area contributed by atoms with E-state index in [2.05, 4.69) is 31.1 Å². The van der Waals surface area contributed by atoms with Crippen molar-refractivity contribution in [2.45, 2.75) is 77.0 Å². The predicted molar refractivity (Wildman–Crippen MR) is 79.7 cm³/mol. The zero-order valence-corrected chi connectivity index (χ0v) is 12.6. The zero-order valence-electron chi connectivity index (χ0n) is 12.6. The molecule has 0 unspecified atom stereocenters. The molecule has 0 radical (unpaired) electrons. The Morgan fingerprint density at radius 2 is 0.600 bits per heavy atom. The molecule has 6 nitrogen and oxygen atoms in total. The first kappa shape index (κ1) is 16.9. The Labute approximate surface area is 122 Å². The molecule has 0 aromatic rings. The van der Waals surface area contributed by atoms with Gasteiger partial charge in [-0.1, -0.05) is 64.2 Å². The molecule has 0 fully saturated rings. The smallest absolute Gasteiger partial charge is 0.0621 e. The first-order valence-corrected chi connectivity index (χ1v) is 8.13. The van der Waals surface area contributed by atoms with E-state index in [0.29, 0.717) is 0 Å². The van der Waals surface area contributed by atoms with Crippen molar-refractivity contribution in [1.29, 1.82) is 0 Å². The van der Waals surface area contributed by atoms with Gasteiger partial charge in [0.25, 0.3) is 0 Å². The van der Waals surface area contributed by atoms with Crippen LogP contribution in [0.1, 0.15) is 77.0 Å². The largest absolute Gasteiger partial charge is 0.167 e. The standard InChI is InChI=1S/C14H28N6/c1-2-4-6-8-10-12-14-16-18-20-19-17-15-13-11-9-7-5-3-1/h1-14H2/b17-15?,18-16?,20-19+. The van der Waals surface area contributed by atoms with Crippen molar-refractivity contribution in [3.05, 3.63) is 0 Å². The SMILES string of the molecule is C1CCCCCCCN=N/N=N/N=NCCCCCC1. The molecule has 6 heteroatoms. The number of nitrogens with zero attached hydrogens (tertiary/aromatic N) is 6. The maximum atomic E-state index is 3.92. The summed E-state index contributed by atoms with van der Waals surface area (Å²) in [5.41, 5.74) is 0. The number of rotatable bonds is 0. The van der Waals surface area contributed by atoms with Crippen molar-refractivity contribution < 1.29 is 0 Å². The predicted octanol–water partition coefficient (Wildman–Crippen LogP) is 5.87. The highest BCUT2D eigenvalue weighted by Crippen LogP contribution is 2.12. The average molecular weight is 280 g/mol. The lowest BCUT2D eigenvalue weighted by Gasteiger charge is -2.02. The lowest BCUT2D eigenvalue weighted by molar-refractivity contribution is 0.539. The maximum absolute atomic E-state index is 3.92. The lowest BCUT2D eigenvalue weighted by Crippen LogP contribution is -1.85. The Kier molecular flexibility index (Phi) is 12.0. The molecule has 0 amide bonds. The molecule has 114 valence electrons. The normalized spacial score (nSPS) is 23.2. The quantitative estimate of drug-likeness (QED) is 0.532. The van der Waals surface area contributed by atoms with Crippen LogP contribution in [0, 0.1) is 0 Å². The molecule has 1 aliphatic rings. The van der Waals surface area contributed by atoms with Crippen LogP contribution >= 0.6 is 0 Å². The highest BCUT2D eigenvalue weighted by Gasteiger charge is 1.94. The Bertz CT molecular complexity index is 259. The Balaban J connectivity index is 2.18. The van der Waals surface area contributed by atoms with Gasteiger partial charge in [0.05, 0.1) is 13.1 Å². The first-order valence-electron chi connectivity index (χ1n) is 8.13. The van der Waals surface area contributed by atoms with Crippen LogP contribution in [-0.4, -0.2) is 13.1 Å². The lowest BCUT2D eigenvalue weighted by atomic mass is 10.1. The van der Waals surface area contributed by atoms with E-state index < -0.39 is 0 Å². The fourth-order valence-electron chi connectivity index (χ4n) is 2.31. The molecular weight excluding hydrogens is 252 g/mol. The molecular formula is C14H28N6. The summed E-state index contributed by atoms with van der Waals surface area (Å²) < 4.78 is 0. The summed E-state index contributed by atoms with van der Waals surface area (Å²) in [5.74, 6) is 0. The van der Waals surface area contributed by atoms with Gasteiger partial charge in [-0.15, -0.1) is 0 Å².